The van der Waals surface area contributed by atoms with Crippen LogP contribution in [0.5, 0.6) is 0 Å². The van der Waals surface area contributed by atoms with E-state index < -0.39 is 5.82 Å². The number of nitrogens with one attached hydrogen (secondary N) is 1. The van der Waals surface area contributed by atoms with Crippen molar-refractivity contribution in [1.29, 1.82) is 0 Å². The number of halogens is 1. The van der Waals surface area contributed by atoms with Crippen LogP contribution in [0.4, 0.5) is 10.3 Å². The lowest BCUT2D eigenvalue weighted by Gasteiger charge is -2.05. The van der Waals surface area contributed by atoms with Crippen molar-refractivity contribution in [3.8, 4) is 11.4 Å². The molecule has 16 heavy (non-hydrogen) atoms. The second-order valence-electron chi connectivity index (χ2n) is 3.39. The first-order valence-electron chi connectivity index (χ1n) is 4.82. The van der Waals surface area contributed by atoms with Crippen molar-refractivity contribution in [1.82, 2.24) is 19.5 Å². The number of rotatable bonds is 2. The summed E-state index contributed by atoms with van der Waals surface area (Å²) in [6, 6.07) is 0. The van der Waals surface area contributed by atoms with E-state index in [1.165, 1.54) is 0 Å². The average molecular weight is 221 g/mol. The number of anilines is 1. The van der Waals surface area contributed by atoms with Gasteiger partial charge in [-0.25, -0.2) is 19.3 Å². The third-order valence-corrected chi connectivity index (χ3v) is 2.43. The Hall–Kier alpha value is -1.98. The average Bonchev–Trinajstić information content (AvgIpc) is 2.61. The van der Waals surface area contributed by atoms with Gasteiger partial charge in [-0.05, 0) is 6.92 Å². The monoisotopic (exact) mass is 221 g/mol. The molecule has 2 aromatic rings. The molecule has 1 N–H and O–H groups in total. The predicted molar refractivity (Wildman–Crippen MR) is 58.5 cm³/mol. The van der Waals surface area contributed by atoms with Crippen LogP contribution < -0.4 is 5.32 Å². The Balaban J connectivity index is 2.59. The smallest absolute Gasteiger partial charge is 0.223 e. The minimum Gasteiger partial charge on any atom is -0.357 e. The normalized spacial score (nSPS) is 10.5. The maximum atomic E-state index is 13.6. The zero-order valence-electron chi connectivity index (χ0n) is 9.32. The highest BCUT2D eigenvalue weighted by Gasteiger charge is 2.13. The van der Waals surface area contributed by atoms with Crippen LogP contribution in [0, 0.1) is 12.7 Å². The molecule has 0 spiro atoms. The lowest BCUT2D eigenvalue weighted by molar-refractivity contribution is 0.616. The van der Waals surface area contributed by atoms with Gasteiger partial charge in [-0.15, -0.1) is 0 Å². The Labute approximate surface area is 92.4 Å². The van der Waals surface area contributed by atoms with E-state index in [2.05, 4.69) is 20.3 Å². The van der Waals surface area contributed by atoms with Gasteiger partial charge in [-0.2, -0.15) is 0 Å². The van der Waals surface area contributed by atoms with Gasteiger partial charge in [0, 0.05) is 14.1 Å². The second kappa shape index (κ2) is 3.88. The van der Waals surface area contributed by atoms with E-state index >= 15 is 0 Å². The molecule has 2 rings (SSSR count). The molecule has 2 heterocycles. The van der Waals surface area contributed by atoms with E-state index in [-0.39, 0.29) is 5.69 Å². The van der Waals surface area contributed by atoms with Crippen molar-refractivity contribution >= 4 is 5.95 Å². The summed E-state index contributed by atoms with van der Waals surface area (Å²) in [5.41, 5.74) is 0.886. The van der Waals surface area contributed by atoms with E-state index in [0.29, 0.717) is 11.6 Å². The molecule has 0 fully saturated rings. The largest absolute Gasteiger partial charge is 0.357 e. The van der Waals surface area contributed by atoms with Gasteiger partial charge in [0.1, 0.15) is 11.5 Å². The van der Waals surface area contributed by atoms with Crippen LogP contribution in [0.2, 0.25) is 0 Å². The Kier molecular flexibility index (Phi) is 2.55. The molecule has 0 aliphatic carbocycles. The lowest BCUT2D eigenvalue weighted by atomic mass is 10.3. The molecule has 0 amide bonds. The minimum atomic E-state index is -0.456. The summed E-state index contributed by atoms with van der Waals surface area (Å²) < 4.78 is 15.4. The van der Waals surface area contributed by atoms with Gasteiger partial charge in [0.25, 0.3) is 0 Å². The third kappa shape index (κ3) is 1.62. The summed E-state index contributed by atoms with van der Waals surface area (Å²) in [7, 11) is 3.50. The number of imidazole rings is 1. The van der Waals surface area contributed by atoms with E-state index in [0.717, 1.165) is 12.0 Å². The fourth-order valence-corrected chi connectivity index (χ4v) is 1.39. The Morgan fingerprint density at radius 3 is 2.62 bits per heavy atom. The van der Waals surface area contributed by atoms with Gasteiger partial charge in [0.15, 0.2) is 5.82 Å². The second-order valence-corrected chi connectivity index (χ2v) is 3.39. The molecule has 5 nitrogen and oxygen atoms in total. The van der Waals surface area contributed by atoms with Crippen LogP contribution in [0.3, 0.4) is 0 Å². The Morgan fingerprint density at radius 1 is 1.31 bits per heavy atom. The van der Waals surface area contributed by atoms with Crippen LogP contribution >= 0.6 is 0 Å². The molecule has 2 aromatic heterocycles. The molecular formula is C10H12FN5. The van der Waals surface area contributed by atoms with Gasteiger partial charge in [0.05, 0.1) is 18.1 Å². The molecule has 84 valence electrons. The number of aryl methyl sites for hydroxylation is 1. The van der Waals surface area contributed by atoms with Crippen LogP contribution in [0.1, 0.15) is 5.82 Å². The van der Waals surface area contributed by atoms with Crippen molar-refractivity contribution in [2.75, 3.05) is 12.4 Å². The summed E-state index contributed by atoms with van der Waals surface area (Å²) in [5, 5.41) is 2.77. The number of hydrogen-bond donors (Lipinski definition) is 1. The van der Waals surface area contributed by atoms with Gasteiger partial charge < -0.3 is 9.88 Å². The molecule has 0 saturated carbocycles. The molecule has 0 aliphatic heterocycles. The highest BCUT2D eigenvalue weighted by Crippen LogP contribution is 2.21. The van der Waals surface area contributed by atoms with E-state index in [1.54, 1.807) is 17.8 Å². The summed E-state index contributed by atoms with van der Waals surface area (Å²) in [6.07, 6.45) is 2.75. The summed E-state index contributed by atoms with van der Waals surface area (Å²) in [4.78, 5) is 12.0. The van der Waals surface area contributed by atoms with Crippen molar-refractivity contribution in [2.45, 2.75) is 6.92 Å². The Morgan fingerprint density at radius 2 is 2.06 bits per heavy atom. The van der Waals surface area contributed by atoms with E-state index in [4.69, 9.17) is 0 Å². The fraction of sp³-hybridized carbons (Fsp3) is 0.300. The number of hydrogen-bond acceptors (Lipinski definition) is 4. The first-order chi connectivity index (χ1) is 7.63. The molecule has 0 unspecified atom stereocenters. The van der Waals surface area contributed by atoms with E-state index in [1.807, 2.05) is 14.0 Å². The zero-order valence-corrected chi connectivity index (χ0v) is 9.32. The third-order valence-electron chi connectivity index (χ3n) is 2.43. The molecule has 0 atom stereocenters. The van der Waals surface area contributed by atoms with Crippen molar-refractivity contribution < 1.29 is 4.39 Å². The van der Waals surface area contributed by atoms with Gasteiger partial charge >= 0.3 is 0 Å². The standard InChI is InChI=1S/C10H12FN5/c1-6-13-5-8(16(6)3)9-7(11)4-14-10(12-2)15-9/h4-5H,1-3H3,(H,12,14,15). The van der Waals surface area contributed by atoms with Gasteiger partial charge in [0.2, 0.25) is 5.95 Å². The van der Waals surface area contributed by atoms with Crippen LogP contribution in [0.15, 0.2) is 12.4 Å². The predicted octanol–water partition coefficient (Wildman–Crippen LogP) is 1.37. The lowest BCUT2D eigenvalue weighted by Crippen LogP contribution is -2.02. The highest BCUT2D eigenvalue weighted by atomic mass is 19.1. The molecule has 6 heteroatoms. The maximum absolute atomic E-state index is 13.6. The molecule has 0 saturated heterocycles. The summed E-state index contributed by atoms with van der Waals surface area (Å²) in [6.45, 7) is 1.85. The SMILES string of the molecule is CNc1ncc(F)c(-c2cnc(C)n2C)n1. The van der Waals surface area contributed by atoms with Crippen molar-refractivity contribution in [3.63, 3.8) is 0 Å². The minimum absolute atomic E-state index is 0.252. The number of nitrogens with zero attached hydrogens (tertiary/aromatic N) is 4. The Bertz CT molecular complexity index is 520. The zero-order chi connectivity index (χ0) is 11.7. The van der Waals surface area contributed by atoms with Gasteiger partial charge in [-0.3, -0.25) is 0 Å². The quantitative estimate of drug-likeness (QED) is 0.832. The fourth-order valence-electron chi connectivity index (χ4n) is 1.39. The maximum Gasteiger partial charge on any atom is 0.223 e. The summed E-state index contributed by atoms with van der Waals surface area (Å²) in [5.74, 6) is 0.733. The molecule has 0 aliphatic rings. The highest BCUT2D eigenvalue weighted by molar-refractivity contribution is 5.56. The van der Waals surface area contributed by atoms with Crippen LogP contribution in [0.25, 0.3) is 11.4 Å². The summed E-state index contributed by atoms with van der Waals surface area (Å²) >= 11 is 0. The van der Waals surface area contributed by atoms with Crippen LogP contribution in [-0.2, 0) is 7.05 Å². The molecular weight excluding hydrogens is 209 g/mol. The van der Waals surface area contributed by atoms with Crippen molar-refractivity contribution in [2.24, 2.45) is 7.05 Å². The van der Waals surface area contributed by atoms with Gasteiger partial charge in [-0.1, -0.05) is 0 Å². The number of aromatic nitrogens is 4. The van der Waals surface area contributed by atoms with Crippen LogP contribution in [-0.4, -0.2) is 26.6 Å². The molecule has 0 bridgehead atoms. The topological polar surface area (TPSA) is 55.6 Å². The van der Waals surface area contributed by atoms with E-state index in [9.17, 15) is 4.39 Å². The van der Waals surface area contributed by atoms with Crippen molar-refractivity contribution in [3.05, 3.63) is 24.0 Å². The molecule has 0 radical (unpaired) electrons. The molecule has 0 aromatic carbocycles. The first kappa shape index (κ1) is 10.5. The first-order valence-corrected chi connectivity index (χ1v) is 4.82.